The molecular formula is C13H22Cl2N4. The fraction of sp³-hybridized carbons (Fsp3) is 0.615. The number of nitrogen functional groups attached to an aromatic ring is 1. The molecule has 0 aliphatic carbocycles. The number of unbranched alkanes of at least 4 members (excludes halogenated alkanes) is 1. The van der Waals surface area contributed by atoms with Crippen LogP contribution in [0, 0.1) is 0 Å². The van der Waals surface area contributed by atoms with E-state index in [1.165, 1.54) is 0 Å². The zero-order chi connectivity index (χ0) is 14.4. The Kier molecular flexibility index (Phi) is 6.69. The Morgan fingerprint density at radius 1 is 1.37 bits per heavy atom. The molecule has 0 fully saturated rings. The lowest BCUT2D eigenvalue weighted by molar-refractivity contribution is 0.590. The summed E-state index contributed by atoms with van der Waals surface area (Å²) in [7, 11) is 0. The monoisotopic (exact) mass is 304 g/mol. The maximum absolute atomic E-state index is 6.28. The Morgan fingerprint density at radius 2 is 2.05 bits per heavy atom. The molecule has 4 nitrogen and oxygen atoms in total. The second kappa shape index (κ2) is 7.78. The van der Waals surface area contributed by atoms with Gasteiger partial charge in [-0.15, -0.1) is 0 Å². The van der Waals surface area contributed by atoms with Gasteiger partial charge in [-0.25, -0.2) is 10.8 Å². The smallest absolute Gasteiger partial charge is 0.161 e. The van der Waals surface area contributed by atoms with E-state index in [1.807, 2.05) is 0 Å². The van der Waals surface area contributed by atoms with E-state index in [0.29, 0.717) is 21.9 Å². The van der Waals surface area contributed by atoms with Crippen molar-refractivity contribution >= 4 is 34.8 Å². The van der Waals surface area contributed by atoms with Crippen molar-refractivity contribution in [2.45, 2.75) is 46.1 Å². The average molecular weight is 305 g/mol. The molecule has 0 aliphatic rings. The Balaban J connectivity index is 3.13. The van der Waals surface area contributed by atoms with Gasteiger partial charge in [0.1, 0.15) is 5.82 Å². The molecule has 0 saturated carbocycles. The Bertz CT molecular complexity index is 412. The second-order valence-corrected chi connectivity index (χ2v) is 5.39. The number of halogens is 2. The molecule has 0 aliphatic heterocycles. The van der Waals surface area contributed by atoms with Crippen molar-refractivity contribution in [1.29, 1.82) is 0 Å². The number of nitrogens with zero attached hydrogens (tertiary/aromatic N) is 2. The number of nitrogens with two attached hydrogens (primary N) is 1. The number of rotatable bonds is 7. The van der Waals surface area contributed by atoms with Crippen LogP contribution in [0.15, 0.2) is 6.07 Å². The van der Waals surface area contributed by atoms with E-state index in [-0.39, 0.29) is 0 Å². The summed E-state index contributed by atoms with van der Waals surface area (Å²) in [6.07, 6.45) is 3.24. The highest BCUT2D eigenvalue weighted by Gasteiger charge is 2.19. The minimum atomic E-state index is 0.364. The van der Waals surface area contributed by atoms with Crippen LogP contribution in [0.25, 0.3) is 0 Å². The van der Waals surface area contributed by atoms with Crippen molar-refractivity contribution in [3.63, 3.8) is 0 Å². The molecule has 1 unspecified atom stereocenters. The standard InChI is InChI=1S/C13H22Cl2N4/c1-4-6-7-19(9(3)5-2)13-11(15)8-10(14)12(17-13)18-16/h8-9H,4-7,16H2,1-3H3,(H,17,18). The van der Waals surface area contributed by atoms with Crippen LogP contribution in [-0.2, 0) is 0 Å². The van der Waals surface area contributed by atoms with Crippen molar-refractivity contribution in [2.24, 2.45) is 5.84 Å². The van der Waals surface area contributed by atoms with Crippen molar-refractivity contribution in [3.05, 3.63) is 16.1 Å². The molecule has 108 valence electrons. The van der Waals surface area contributed by atoms with Crippen LogP contribution in [-0.4, -0.2) is 17.6 Å². The number of hydrogen-bond acceptors (Lipinski definition) is 4. The lowest BCUT2D eigenvalue weighted by Gasteiger charge is -2.30. The molecule has 0 radical (unpaired) electrons. The van der Waals surface area contributed by atoms with Crippen molar-refractivity contribution in [1.82, 2.24) is 4.98 Å². The number of aromatic nitrogens is 1. The number of pyridine rings is 1. The summed E-state index contributed by atoms with van der Waals surface area (Å²) in [4.78, 5) is 6.65. The van der Waals surface area contributed by atoms with Gasteiger partial charge >= 0.3 is 0 Å². The van der Waals surface area contributed by atoms with E-state index in [4.69, 9.17) is 29.0 Å². The highest BCUT2D eigenvalue weighted by Crippen LogP contribution is 2.32. The number of hydrazine groups is 1. The zero-order valence-electron chi connectivity index (χ0n) is 11.7. The summed E-state index contributed by atoms with van der Waals surface area (Å²) in [5.74, 6) is 6.61. The molecule has 0 amide bonds. The van der Waals surface area contributed by atoms with Crippen LogP contribution >= 0.6 is 23.2 Å². The molecule has 1 aromatic rings. The minimum Gasteiger partial charge on any atom is -0.353 e. The lowest BCUT2D eigenvalue weighted by Crippen LogP contribution is -2.34. The molecule has 19 heavy (non-hydrogen) atoms. The molecule has 0 bridgehead atoms. The van der Waals surface area contributed by atoms with Gasteiger partial charge in [0.25, 0.3) is 0 Å². The fourth-order valence-corrected chi connectivity index (χ4v) is 2.37. The fourth-order valence-electron chi connectivity index (χ4n) is 1.84. The van der Waals surface area contributed by atoms with Crippen LogP contribution in [0.2, 0.25) is 10.0 Å². The largest absolute Gasteiger partial charge is 0.353 e. The summed E-state index contributed by atoms with van der Waals surface area (Å²) in [5, 5.41) is 0.983. The summed E-state index contributed by atoms with van der Waals surface area (Å²) >= 11 is 12.3. The van der Waals surface area contributed by atoms with Crippen LogP contribution in [0.3, 0.4) is 0 Å². The van der Waals surface area contributed by atoms with E-state index >= 15 is 0 Å². The summed E-state index contributed by atoms with van der Waals surface area (Å²) in [6.45, 7) is 7.40. The maximum atomic E-state index is 6.28. The van der Waals surface area contributed by atoms with Gasteiger partial charge in [-0.1, -0.05) is 43.5 Å². The van der Waals surface area contributed by atoms with E-state index in [9.17, 15) is 0 Å². The quantitative estimate of drug-likeness (QED) is 0.589. The third-order valence-corrected chi connectivity index (χ3v) is 3.76. The van der Waals surface area contributed by atoms with Crippen LogP contribution < -0.4 is 16.2 Å². The summed E-state index contributed by atoms with van der Waals surface area (Å²) in [5.41, 5.74) is 2.50. The Hall–Kier alpha value is -0.710. The first-order valence-corrected chi connectivity index (χ1v) is 7.39. The molecular weight excluding hydrogens is 283 g/mol. The van der Waals surface area contributed by atoms with Gasteiger partial charge in [0, 0.05) is 12.6 Å². The van der Waals surface area contributed by atoms with E-state index < -0.39 is 0 Å². The van der Waals surface area contributed by atoms with Gasteiger partial charge in [0.15, 0.2) is 5.82 Å². The van der Waals surface area contributed by atoms with Gasteiger partial charge in [0.2, 0.25) is 0 Å². The molecule has 0 aromatic carbocycles. The maximum Gasteiger partial charge on any atom is 0.161 e. The van der Waals surface area contributed by atoms with Gasteiger partial charge in [-0.2, -0.15) is 0 Å². The molecule has 1 heterocycles. The normalized spacial score (nSPS) is 12.3. The second-order valence-electron chi connectivity index (χ2n) is 4.57. The molecule has 0 saturated heterocycles. The number of nitrogens with one attached hydrogen (secondary N) is 1. The summed E-state index contributed by atoms with van der Waals surface area (Å²) < 4.78 is 0. The van der Waals surface area contributed by atoms with E-state index in [1.54, 1.807) is 6.07 Å². The topological polar surface area (TPSA) is 54.2 Å². The third-order valence-electron chi connectivity index (χ3n) is 3.20. The third kappa shape index (κ3) is 4.13. The van der Waals surface area contributed by atoms with Crippen LogP contribution in [0.1, 0.15) is 40.0 Å². The molecule has 6 heteroatoms. The summed E-state index contributed by atoms with van der Waals surface area (Å²) in [6, 6.07) is 2.05. The van der Waals surface area contributed by atoms with E-state index in [2.05, 4.69) is 36.1 Å². The first-order chi connectivity index (χ1) is 9.04. The predicted molar refractivity (Wildman–Crippen MR) is 84.1 cm³/mol. The molecule has 3 N–H and O–H groups in total. The molecule has 1 aromatic heterocycles. The van der Waals surface area contributed by atoms with Crippen LogP contribution in [0.4, 0.5) is 11.6 Å². The minimum absolute atomic E-state index is 0.364. The van der Waals surface area contributed by atoms with Crippen molar-refractivity contribution in [2.75, 3.05) is 16.9 Å². The predicted octanol–water partition coefficient (Wildman–Crippen LogP) is 4.08. The first-order valence-electron chi connectivity index (χ1n) is 6.64. The van der Waals surface area contributed by atoms with Crippen molar-refractivity contribution in [3.8, 4) is 0 Å². The van der Waals surface area contributed by atoms with Crippen molar-refractivity contribution < 1.29 is 0 Å². The zero-order valence-corrected chi connectivity index (χ0v) is 13.2. The number of hydrogen-bond donors (Lipinski definition) is 2. The SMILES string of the molecule is CCCCN(c1nc(NN)c(Cl)cc1Cl)C(C)CC. The Morgan fingerprint density at radius 3 is 2.58 bits per heavy atom. The van der Waals surface area contributed by atoms with E-state index in [0.717, 1.165) is 31.6 Å². The molecule has 0 spiro atoms. The van der Waals surface area contributed by atoms with Gasteiger partial charge in [-0.05, 0) is 25.8 Å². The first kappa shape index (κ1) is 16.3. The average Bonchev–Trinajstić information content (AvgIpc) is 2.40. The lowest BCUT2D eigenvalue weighted by atomic mass is 10.2. The highest BCUT2D eigenvalue weighted by atomic mass is 35.5. The van der Waals surface area contributed by atoms with Crippen LogP contribution in [0.5, 0.6) is 0 Å². The van der Waals surface area contributed by atoms with Gasteiger partial charge in [-0.3, -0.25) is 0 Å². The highest BCUT2D eigenvalue weighted by molar-refractivity contribution is 6.37. The van der Waals surface area contributed by atoms with Gasteiger partial charge < -0.3 is 10.3 Å². The molecule has 1 rings (SSSR count). The van der Waals surface area contributed by atoms with Gasteiger partial charge in [0.05, 0.1) is 10.0 Å². The Labute approximate surface area is 125 Å². The number of anilines is 2. The molecule has 1 atom stereocenters.